The average molecular weight is 232 g/mol. The van der Waals surface area contributed by atoms with E-state index >= 15 is 0 Å². The molecule has 2 aromatic heterocycles. The number of aryl methyl sites for hydroxylation is 1. The number of hydrogen-bond acceptors (Lipinski definition) is 4. The van der Waals surface area contributed by atoms with E-state index < -0.39 is 11.2 Å². The van der Waals surface area contributed by atoms with E-state index in [0.717, 1.165) is 4.57 Å². The van der Waals surface area contributed by atoms with Crippen LogP contribution in [0.5, 0.6) is 0 Å². The molecule has 0 atom stereocenters. The van der Waals surface area contributed by atoms with Gasteiger partial charge >= 0.3 is 5.69 Å². The molecule has 0 bridgehead atoms. The lowest BCUT2D eigenvalue weighted by Crippen LogP contribution is -2.37. The highest BCUT2D eigenvalue weighted by molar-refractivity contribution is 5.86. The maximum Gasteiger partial charge on any atom is 0.332 e. The largest absolute Gasteiger partial charge is 0.332 e. The number of rotatable bonds is 1. The van der Waals surface area contributed by atoms with Crippen molar-refractivity contribution in [1.29, 1.82) is 0 Å². The molecule has 2 heterocycles. The van der Waals surface area contributed by atoms with Crippen LogP contribution in [-0.4, -0.2) is 14.1 Å². The number of hydrogen-bond donors (Lipinski definition) is 0. The molecule has 17 heavy (non-hydrogen) atoms. The van der Waals surface area contributed by atoms with E-state index in [9.17, 15) is 9.59 Å². The van der Waals surface area contributed by atoms with Crippen LogP contribution in [-0.2, 0) is 14.1 Å². The van der Waals surface area contributed by atoms with Gasteiger partial charge in [0.05, 0.1) is 11.1 Å². The molecular weight excluding hydrogens is 224 g/mol. The smallest absolute Gasteiger partial charge is 0.280 e. The molecule has 0 radical (unpaired) electrons. The maximum absolute atomic E-state index is 11.9. The summed E-state index contributed by atoms with van der Waals surface area (Å²) >= 11 is 0. The van der Waals surface area contributed by atoms with Gasteiger partial charge in [0.25, 0.3) is 5.56 Å². The second-order valence-electron chi connectivity index (χ2n) is 3.42. The normalized spacial score (nSPS) is 10.2. The van der Waals surface area contributed by atoms with Crippen LogP contribution < -0.4 is 11.2 Å². The Hall–Kier alpha value is -2.60. The summed E-state index contributed by atoms with van der Waals surface area (Å²) in [7, 11) is 2.86. The van der Waals surface area contributed by atoms with E-state index in [0.29, 0.717) is 0 Å². The molecule has 0 amide bonds. The van der Waals surface area contributed by atoms with E-state index in [1.54, 1.807) is 0 Å². The predicted octanol–water partition coefficient (Wildman–Crippen LogP) is 0.574. The topological polar surface area (TPSA) is 106 Å². The highest BCUT2D eigenvalue weighted by Crippen LogP contribution is 2.19. The number of fused-ring (bicyclic) bond motifs is 1. The molecule has 0 fully saturated rings. The molecule has 0 aromatic carbocycles. The summed E-state index contributed by atoms with van der Waals surface area (Å²) in [5, 5.41) is 3.55. The van der Waals surface area contributed by atoms with Gasteiger partial charge in [-0.1, -0.05) is 5.11 Å². The Morgan fingerprint density at radius 2 is 2.06 bits per heavy atom. The van der Waals surface area contributed by atoms with Crippen molar-refractivity contribution >= 4 is 16.7 Å². The van der Waals surface area contributed by atoms with Crippen molar-refractivity contribution in [2.75, 3.05) is 0 Å². The molecule has 0 saturated heterocycles. The van der Waals surface area contributed by atoms with Crippen LogP contribution in [0.3, 0.4) is 0 Å². The zero-order valence-corrected chi connectivity index (χ0v) is 9.15. The fourth-order valence-electron chi connectivity index (χ4n) is 1.60. The van der Waals surface area contributed by atoms with Crippen molar-refractivity contribution < 1.29 is 0 Å². The molecule has 0 unspecified atom stereocenters. The van der Waals surface area contributed by atoms with Crippen LogP contribution in [0.1, 0.15) is 0 Å². The van der Waals surface area contributed by atoms with Crippen molar-refractivity contribution in [2.45, 2.75) is 0 Å². The monoisotopic (exact) mass is 232 g/mol. The summed E-state index contributed by atoms with van der Waals surface area (Å²) in [5.74, 6) is 0. The Bertz CT molecular complexity index is 765. The van der Waals surface area contributed by atoms with E-state index in [-0.39, 0.29) is 16.7 Å². The molecule has 0 aliphatic heterocycles. The van der Waals surface area contributed by atoms with Crippen LogP contribution in [0.4, 0.5) is 5.69 Å². The molecule has 86 valence electrons. The van der Waals surface area contributed by atoms with Crippen LogP contribution in [0.15, 0.2) is 27.0 Å². The third-order valence-corrected chi connectivity index (χ3v) is 2.47. The summed E-state index contributed by atoms with van der Waals surface area (Å²) in [6.45, 7) is 0. The molecule has 8 nitrogen and oxygen atoms in total. The summed E-state index contributed by atoms with van der Waals surface area (Å²) in [5.41, 5.74) is 7.77. The summed E-state index contributed by atoms with van der Waals surface area (Å²) in [6.07, 6.45) is 1.38. The van der Waals surface area contributed by atoms with Gasteiger partial charge in [-0.25, -0.2) is 9.78 Å². The SMILES string of the molecule is Cn1c(=O)c2c(N=[N+]=[N-])ccnc2n(C)c1=O. The summed E-state index contributed by atoms with van der Waals surface area (Å²) in [4.78, 5) is 30.2. The van der Waals surface area contributed by atoms with Gasteiger partial charge in [-0.3, -0.25) is 13.9 Å². The fourth-order valence-corrected chi connectivity index (χ4v) is 1.60. The minimum atomic E-state index is -0.529. The van der Waals surface area contributed by atoms with E-state index in [1.807, 2.05) is 0 Å². The number of azide groups is 1. The quantitative estimate of drug-likeness (QED) is 0.407. The van der Waals surface area contributed by atoms with Gasteiger partial charge in [0.1, 0.15) is 5.65 Å². The van der Waals surface area contributed by atoms with Gasteiger partial charge in [0, 0.05) is 25.2 Å². The van der Waals surface area contributed by atoms with Crippen molar-refractivity contribution in [3.63, 3.8) is 0 Å². The number of pyridine rings is 1. The third-order valence-electron chi connectivity index (χ3n) is 2.47. The molecule has 0 saturated carbocycles. The highest BCUT2D eigenvalue weighted by atomic mass is 16.2. The predicted molar refractivity (Wildman–Crippen MR) is 61.0 cm³/mol. The van der Waals surface area contributed by atoms with Crippen LogP contribution in [0, 0.1) is 0 Å². The molecule has 8 heteroatoms. The summed E-state index contributed by atoms with van der Waals surface area (Å²) < 4.78 is 2.17. The zero-order valence-electron chi connectivity index (χ0n) is 9.15. The minimum absolute atomic E-state index is 0.134. The van der Waals surface area contributed by atoms with E-state index in [4.69, 9.17) is 5.53 Å². The lowest BCUT2D eigenvalue weighted by atomic mass is 10.3. The van der Waals surface area contributed by atoms with Crippen molar-refractivity contribution in [3.8, 4) is 0 Å². The van der Waals surface area contributed by atoms with Gasteiger partial charge in [0.2, 0.25) is 0 Å². The lowest BCUT2D eigenvalue weighted by molar-refractivity contribution is 0.708. The number of nitrogens with zero attached hydrogens (tertiary/aromatic N) is 6. The first kappa shape index (κ1) is 10.9. The Balaban J connectivity index is 3.17. The van der Waals surface area contributed by atoms with Crippen LogP contribution >= 0.6 is 0 Å². The second-order valence-corrected chi connectivity index (χ2v) is 3.42. The van der Waals surface area contributed by atoms with Crippen LogP contribution in [0.2, 0.25) is 0 Å². The first-order valence-electron chi connectivity index (χ1n) is 4.67. The molecular formula is C9H8N6O2. The Labute approximate surface area is 94.4 Å². The van der Waals surface area contributed by atoms with Crippen molar-refractivity contribution in [3.05, 3.63) is 43.5 Å². The third kappa shape index (κ3) is 1.47. The zero-order chi connectivity index (χ0) is 12.6. The molecule has 2 aromatic rings. The Kier molecular flexibility index (Phi) is 2.41. The Morgan fingerprint density at radius 3 is 2.71 bits per heavy atom. The second kappa shape index (κ2) is 3.76. The van der Waals surface area contributed by atoms with Gasteiger partial charge in [-0.2, -0.15) is 0 Å². The molecule has 0 N–H and O–H groups in total. The molecule has 0 aliphatic carbocycles. The highest BCUT2D eigenvalue weighted by Gasteiger charge is 2.11. The van der Waals surface area contributed by atoms with Gasteiger partial charge in [-0.05, 0) is 11.6 Å². The van der Waals surface area contributed by atoms with E-state index in [1.165, 1.54) is 30.9 Å². The van der Waals surface area contributed by atoms with Crippen molar-refractivity contribution in [1.82, 2.24) is 14.1 Å². The maximum atomic E-state index is 11.9. The summed E-state index contributed by atoms with van der Waals surface area (Å²) in [6, 6.07) is 1.42. The van der Waals surface area contributed by atoms with E-state index in [2.05, 4.69) is 15.0 Å². The average Bonchev–Trinajstić information content (AvgIpc) is 2.34. The first-order chi connectivity index (χ1) is 8.07. The standard InChI is InChI=1S/C9H8N6O2/c1-14-7-6(8(16)15(2)9(14)17)5(12-13-10)3-4-11-7/h3-4H,1-2H3. The fraction of sp³-hybridized carbons (Fsp3) is 0.222. The van der Waals surface area contributed by atoms with Gasteiger partial charge in [-0.15, -0.1) is 0 Å². The van der Waals surface area contributed by atoms with Crippen LogP contribution in [0.25, 0.3) is 21.5 Å². The minimum Gasteiger partial charge on any atom is -0.280 e. The first-order valence-corrected chi connectivity index (χ1v) is 4.67. The lowest BCUT2D eigenvalue weighted by Gasteiger charge is -2.07. The Morgan fingerprint density at radius 1 is 1.35 bits per heavy atom. The number of aromatic nitrogens is 3. The molecule has 0 spiro atoms. The molecule has 0 aliphatic rings. The van der Waals surface area contributed by atoms with Gasteiger partial charge in [0.15, 0.2) is 0 Å². The van der Waals surface area contributed by atoms with Gasteiger partial charge < -0.3 is 0 Å². The molecule has 2 rings (SSSR count). The van der Waals surface area contributed by atoms with Crippen molar-refractivity contribution in [2.24, 2.45) is 19.2 Å².